The highest BCUT2D eigenvalue weighted by Gasteiger charge is 2.30. The second-order valence-electron chi connectivity index (χ2n) is 10.8. The predicted octanol–water partition coefficient (Wildman–Crippen LogP) is 5.50. The van der Waals surface area contributed by atoms with Crippen LogP contribution in [0.4, 0.5) is 5.95 Å². The zero-order valence-electron chi connectivity index (χ0n) is 21.9. The Kier molecular flexibility index (Phi) is 7.65. The second kappa shape index (κ2) is 11.5. The second-order valence-corrected chi connectivity index (χ2v) is 11.8. The van der Waals surface area contributed by atoms with Gasteiger partial charge < -0.3 is 14.4 Å². The first-order valence-corrected chi connectivity index (χ1v) is 14.7. The van der Waals surface area contributed by atoms with Gasteiger partial charge in [0.05, 0.1) is 19.1 Å². The van der Waals surface area contributed by atoms with E-state index in [4.69, 9.17) is 9.47 Å². The molecular weight excluding hydrogens is 498 g/mol. The van der Waals surface area contributed by atoms with Gasteiger partial charge in [0.2, 0.25) is 5.95 Å². The Hall–Kier alpha value is -2.91. The summed E-state index contributed by atoms with van der Waals surface area (Å²) in [5, 5.41) is 10.9. The van der Waals surface area contributed by atoms with Crippen LogP contribution in [0.5, 0.6) is 0 Å². The van der Waals surface area contributed by atoms with Crippen LogP contribution in [-0.2, 0) is 14.3 Å². The number of aromatic nitrogens is 4. The van der Waals surface area contributed by atoms with Crippen LogP contribution < -0.4 is 4.90 Å². The third kappa shape index (κ3) is 5.89. The molecule has 8 nitrogen and oxygen atoms in total. The van der Waals surface area contributed by atoms with Crippen molar-refractivity contribution in [3.05, 3.63) is 41.7 Å². The maximum atomic E-state index is 11.8. The molecule has 2 aromatic heterocycles. The summed E-state index contributed by atoms with van der Waals surface area (Å²) >= 11 is 1.66. The Morgan fingerprint density at radius 3 is 2.24 bits per heavy atom. The van der Waals surface area contributed by atoms with Crippen LogP contribution >= 0.6 is 11.3 Å². The first kappa shape index (κ1) is 25.4. The van der Waals surface area contributed by atoms with Gasteiger partial charge >= 0.3 is 5.97 Å². The quantitative estimate of drug-likeness (QED) is 0.351. The van der Waals surface area contributed by atoms with Crippen molar-refractivity contribution in [2.45, 2.75) is 63.4 Å². The van der Waals surface area contributed by atoms with Crippen molar-refractivity contribution in [1.82, 2.24) is 20.2 Å². The summed E-state index contributed by atoms with van der Waals surface area (Å²) < 4.78 is 11.0. The van der Waals surface area contributed by atoms with E-state index in [1.54, 1.807) is 11.3 Å². The van der Waals surface area contributed by atoms with Crippen LogP contribution in [-0.4, -0.2) is 59.0 Å². The van der Waals surface area contributed by atoms with Crippen LogP contribution in [0.2, 0.25) is 0 Å². The van der Waals surface area contributed by atoms with Gasteiger partial charge in [0.1, 0.15) is 10.0 Å². The molecule has 6 rings (SSSR count). The van der Waals surface area contributed by atoms with Crippen molar-refractivity contribution in [2.75, 3.05) is 31.7 Å². The van der Waals surface area contributed by atoms with Gasteiger partial charge in [0, 0.05) is 49.1 Å². The molecule has 0 radical (unpaired) electrons. The van der Waals surface area contributed by atoms with Crippen molar-refractivity contribution in [3.8, 4) is 21.7 Å². The summed E-state index contributed by atoms with van der Waals surface area (Å²) in [6.45, 7) is 2.83. The molecule has 200 valence electrons. The van der Waals surface area contributed by atoms with Gasteiger partial charge in [-0.3, -0.25) is 4.79 Å². The minimum Gasteiger partial charge on any atom is -0.469 e. The molecule has 0 atom stereocenters. The van der Waals surface area contributed by atoms with Crippen LogP contribution in [0.15, 0.2) is 36.7 Å². The first-order chi connectivity index (χ1) is 18.7. The van der Waals surface area contributed by atoms with E-state index in [9.17, 15) is 4.79 Å². The Labute approximate surface area is 227 Å². The maximum Gasteiger partial charge on any atom is 0.308 e. The zero-order valence-corrected chi connectivity index (χ0v) is 22.7. The van der Waals surface area contributed by atoms with Gasteiger partial charge in [-0.05, 0) is 62.8 Å². The summed E-state index contributed by atoms with van der Waals surface area (Å²) in [4.78, 5) is 23.4. The van der Waals surface area contributed by atoms with E-state index in [0.717, 1.165) is 96.8 Å². The Morgan fingerprint density at radius 2 is 1.58 bits per heavy atom. The van der Waals surface area contributed by atoms with E-state index in [-0.39, 0.29) is 11.9 Å². The number of carbonyl (C=O) groups is 1. The molecule has 1 aliphatic heterocycles. The molecule has 0 amide bonds. The minimum atomic E-state index is -0.0873. The molecule has 3 aliphatic rings. The van der Waals surface area contributed by atoms with E-state index in [2.05, 4.69) is 49.3 Å². The number of hydrogen-bond acceptors (Lipinski definition) is 9. The number of rotatable bonds is 8. The fourth-order valence-corrected chi connectivity index (χ4v) is 6.49. The Morgan fingerprint density at radius 1 is 0.895 bits per heavy atom. The van der Waals surface area contributed by atoms with Crippen molar-refractivity contribution in [3.63, 3.8) is 0 Å². The first-order valence-electron chi connectivity index (χ1n) is 13.9. The largest absolute Gasteiger partial charge is 0.469 e. The average molecular weight is 534 g/mol. The lowest BCUT2D eigenvalue weighted by molar-refractivity contribution is -0.146. The van der Waals surface area contributed by atoms with Gasteiger partial charge in [-0.1, -0.05) is 35.6 Å². The van der Waals surface area contributed by atoms with Gasteiger partial charge in [-0.15, -0.1) is 10.2 Å². The van der Waals surface area contributed by atoms with Crippen LogP contribution in [0.25, 0.3) is 21.7 Å². The minimum absolute atomic E-state index is 0.0256. The molecular formula is C29H35N5O3S. The third-order valence-corrected chi connectivity index (χ3v) is 9.28. The number of benzene rings is 1. The lowest BCUT2D eigenvalue weighted by Gasteiger charge is -2.32. The Bertz CT molecular complexity index is 1210. The third-order valence-electron chi connectivity index (χ3n) is 8.14. The van der Waals surface area contributed by atoms with Gasteiger partial charge in [-0.25, -0.2) is 9.97 Å². The molecule has 0 unspecified atom stereocenters. The van der Waals surface area contributed by atoms with E-state index < -0.39 is 0 Å². The van der Waals surface area contributed by atoms with Crippen LogP contribution in [0, 0.1) is 11.8 Å². The van der Waals surface area contributed by atoms with Gasteiger partial charge in [0.15, 0.2) is 0 Å². The molecule has 3 fully saturated rings. The molecule has 0 bridgehead atoms. The number of hydrogen-bond donors (Lipinski definition) is 0. The van der Waals surface area contributed by atoms with E-state index in [1.807, 2.05) is 12.4 Å². The van der Waals surface area contributed by atoms with Crippen LogP contribution in [0.1, 0.15) is 62.3 Å². The Balaban J connectivity index is 1.03. The monoisotopic (exact) mass is 533 g/mol. The SMILES string of the molecule is COC(=O)C1CCC(c2nnc(-c3ccc(-c4cnc(N5CCC(OCC6CC6)CC5)nc4)cc3)s2)CC1. The van der Waals surface area contributed by atoms with E-state index in [0.29, 0.717) is 12.0 Å². The highest BCUT2D eigenvalue weighted by atomic mass is 32.1. The number of anilines is 1. The number of nitrogens with zero attached hydrogens (tertiary/aromatic N) is 5. The number of carbonyl (C=O) groups excluding carboxylic acids is 1. The predicted molar refractivity (Wildman–Crippen MR) is 147 cm³/mol. The fourth-order valence-electron chi connectivity index (χ4n) is 5.48. The molecule has 2 aliphatic carbocycles. The summed E-state index contributed by atoms with van der Waals surface area (Å²) in [5.41, 5.74) is 3.15. The summed E-state index contributed by atoms with van der Waals surface area (Å²) in [7, 11) is 1.47. The van der Waals surface area contributed by atoms with E-state index >= 15 is 0 Å². The molecule has 1 saturated heterocycles. The van der Waals surface area contributed by atoms with Crippen molar-refractivity contribution >= 4 is 23.3 Å². The lowest BCUT2D eigenvalue weighted by Crippen LogP contribution is -2.38. The van der Waals surface area contributed by atoms with Gasteiger partial charge in [0.25, 0.3) is 0 Å². The molecule has 1 aromatic carbocycles. The van der Waals surface area contributed by atoms with Crippen molar-refractivity contribution in [1.29, 1.82) is 0 Å². The molecule has 3 heterocycles. The van der Waals surface area contributed by atoms with Crippen molar-refractivity contribution in [2.24, 2.45) is 11.8 Å². The maximum absolute atomic E-state index is 11.8. The summed E-state index contributed by atoms with van der Waals surface area (Å²) in [5.74, 6) is 1.93. The van der Waals surface area contributed by atoms with Crippen molar-refractivity contribution < 1.29 is 14.3 Å². The number of methoxy groups -OCH3 is 1. The summed E-state index contributed by atoms with van der Waals surface area (Å²) in [6, 6.07) is 8.38. The molecule has 38 heavy (non-hydrogen) atoms. The molecule has 9 heteroatoms. The molecule has 3 aromatic rings. The van der Waals surface area contributed by atoms with Crippen LogP contribution in [0.3, 0.4) is 0 Å². The average Bonchev–Trinajstić information content (AvgIpc) is 3.69. The topological polar surface area (TPSA) is 90.3 Å². The summed E-state index contributed by atoms with van der Waals surface area (Å²) in [6.07, 6.45) is 12.6. The smallest absolute Gasteiger partial charge is 0.308 e. The molecule has 2 saturated carbocycles. The highest BCUT2D eigenvalue weighted by Crippen LogP contribution is 2.39. The molecule has 0 N–H and O–H groups in total. The number of ether oxygens (including phenoxy) is 2. The molecule has 0 spiro atoms. The lowest BCUT2D eigenvalue weighted by atomic mass is 9.82. The zero-order chi connectivity index (χ0) is 25.9. The highest BCUT2D eigenvalue weighted by molar-refractivity contribution is 7.14. The normalized spacial score (nSPS) is 22.4. The number of esters is 1. The van der Waals surface area contributed by atoms with E-state index in [1.165, 1.54) is 20.0 Å². The number of piperidine rings is 1. The standard InChI is InChI=1S/C29H35N5O3S/c1-36-28(35)23-10-8-22(9-11-23)27-33-32-26(38-27)21-6-4-20(5-7-21)24-16-30-29(31-17-24)34-14-12-25(13-15-34)37-18-19-2-3-19/h4-7,16-17,19,22-23,25H,2-3,8-15,18H2,1H3. The fraction of sp³-hybridized carbons (Fsp3) is 0.552. The van der Waals surface area contributed by atoms with Gasteiger partial charge in [-0.2, -0.15) is 0 Å².